The van der Waals surface area contributed by atoms with Gasteiger partial charge in [-0.1, -0.05) is 0 Å². The number of Topliss-reactive ketones (excluding diaryl/α,β-unsaturated/α-hetero) is 1. The number of hydrogen-bond donors (Lipinski definition) is 1. The van der Waals surface area contributed by atoms with Gasteiger partial charge in [-0.05, 0) is 6.92 Å². The van der Waals surface area contributed by atoms with Crippen molar-refractivity contribution in [2.45, 2.75) is 13.3 Å². The summed E-state index contributed by atoms with van der Waals surface area (Å²) in [5.74, 6) is -1.10. The molecule has 0 atom stereocenters. The molecule has 0 aromatic heterocycles. The van der Waals surface area contributed by atoms with Gasteiger partial charge in [0.1, 0.15) is 12.2 Å². The standard InChI is InChI=1S/C4H6N2O3/c1-3(7)2-4(8)9-6-5/h5H,2H2,1H3. The largest absolute Gasteiger partial charge is 0.344 e. The molecule has 5 heteroatoms. The van der Waals surface area contributed by atoms with E-state index in [1.807, 2.05) is 0 Å². The number of rotatable bonds is 3. The van der Waals surface area contributed by atoms with Gasteiger partial charge in [-0.2, -0.15) is 5.53 Å². The van der Waals surface area contributed by atoms with Gasteiger partial charge in [0.2, 0.25) is 0 Å². The molecule has 0 aromatic carbocycles. The average Bonchev–Trinajstić information content (AvgIpc) is 1.63. The summed E-state index contributed by atoms with van der Waals surface area (Å²) in [4.78, 5) is 24.1. The Morgan fingerprint density at radius 3 is 2.56 bits per heavy atom. The summed E-state index contributed by atoms with van der Waals surface area (Å²) in [7, 11) is 0. The van der Waals surface area contributed by atoms with Crippen LogP contribution in [0.3, 0.4) is 0 Å². The predicted molar refractivity (Wildman–Crippen MR) is 26.5 cm³/mol. The zero-order chi connectivity index (χ0) is 7.28. The van der Waals surface area contributed by atoms with Crippen molar-refractivity contribution in [3.8, 4) is 0 Å². The summed E-state index contributed by atoms with van der Waals surface area (Å²) in [6.45, 7) is 1.26. The Morgan fingerprint density at radius 2 is 2.22 bits per heavy atom. The Balaban J connectivity index is 3.50. The fourth-order valence-electron chi connectivity index (χ4n) is 0.286. The molecule has 0 saturated carbocycles. The van der Waals surface area contributed by atoms with Crippen LogP contribution < -0.4 is 0 Å². The first-order chi connectivity index (χ1) is 4.16. The molecular formula is C4H6N2O3. The molecule has 50 valence electrons. The molecule has 0 aliphatic carbocycles. The van der Waals surface area contributed by atoms with Gasteiger partial charge in [0.25, 0.3) is 0 Å². The monoisotopic (exact) mass is 130 g/mol. The van der Waals surface area contributed by atoms with Gasteiger partial charge in [-0.15, -0.1) is 0 Å². The number of carbonyl (C=O) groups is 2. The molecule has 0 amide bonds. The van der Waals surface area contributed by atoms with Crippen molar-refractivity contribution >= 4 is 11.8 Å². The molecular weight excluding hydrogens is 124 g/mol. The Bertz CT molecular complexity index is 143. The van der Waals surface area contributed by atoms with E-state index in [-0.39, 0.29) is 12.2 Å². The lowest BCUT2D eigenvalue weighted by atomic mass is 10.3. The third-order valence-electron chi connectivity index (χ3n) is 0.541. The predicted octanol–water partition coefficient (Wildman–Crippen LogP) is 0.455. The van der Waals surface area contributed by atoms with E-state index >= 15 is 0 Å². The van der Waals surface area contributed by atoms with Gasteiger partial charge >= 0.3 is 5.97 Å². The fourth-order valence-corrected chi connectivity index (χ4v) is 0.286. The highest BCUT2D eigenvalue weighted by Crippen LogP contribution is 1.86. The molecule has 1 N–H and O–H groups in total. The van der Waals surface area contributed by atoms with E-state index in [0.717, 1.165) is 0 Å². The topological polar surface area (TPSA) is 79.6 Å². The first-order valence-corrected chi connectivity index (χ1v) is 2.23. The number of hydrogen-bond acceptors (Lipinski definition) is 5. The number of ketones is 1. The molecule has 0 saturated heterocycles. The molecule has 0 spiro atoms. The van der Waals surface area contributed by atoms with Crippen LogP contribution in [0.2, 0.25) is 0 Å². The van der Waals surface area contributed by atoms with Crippen molar-refractivity contribution in [2.24, 2.45) is 5.28 Å². The van der Waals surface area contributed by atoms with Crippen LogP contribution in [0.5, 0.6) is 0 Å². The number of nitrogens with one attached hydrogen (secondary N) is 1. The summed E-state index contributed by atoms with van der Waals surface area (Å²) >= 11 is 0. The molecule has 0 bridgehead atoms. The van der Waals surface area contributed by atoms with E-state index < -0.39 is 5.97 Å². The van der Waals surface area contributed by atoms with Crippen LogP contribution in [-0.2, 0) is 14.4 Å². The SMILES string of the molecule is CC(=O)CC(=O)ON=N. The lowest BCUT2D eigenvalue weighted by Crippen LogP contribution is -2.04. The maximum atomic E-state index is 10.2. The summed E-state index contributed by atoms with van der Waals surface area (Å²) < 4.78 is 0. The second kappa shape index (κ2) is 3.71. The van der Waals surface area contributed by atoms with Gasteiger partial charge in [-0.3, -0.25) is 9.63 Å². The van der Waals surface area contributed by atoms with E-state index in [4.69, 9.17) is 5.53 Å². The van der Waals surface area contributed by atoms with Gasteiger partial charge in [0.05, 0.1) is 0 Å². The Labute approximate surface area is 51.5 Å². The molecule has 5 nitrogen and oxygen atoms in total. The quantitative estimate of drug-likeness (QED) is 0.342. The van der Waals surface area contributed by atoms with Crippen molar-refractivity contribution in [3.05, 3.63) is 0 Å². The van der Waals surface area contributed by atoms with Crippen LogP contribution in [0.4, 0.5) is 0 Å². The van der Waals surface area contributed by atoms with Crippen LogP contribution in [0, 0.1) is 5.53 Å². The fraction of sp³-hybridized carbons (Fsp3) is 0.500. The van der Waals surface area contributed by atoms with Gasteiger partial charge in [-0.25, -0.2) is 4.79 Å². The van der Waals surface area contributed by atoms with E-state index in [0.29, 0.717) is 0 Å². The smallest absolute Gasteiger partial charge is 0.300 e. The molecule has 0 heterocycles. The first-order valence-electron chi connectivity index (χ1n) is 2.23. The van der Waals surface area contributed by atoms with Crippen LogP contribution in [0.1, 0.15) is 13.3 Å². The van der Waals surface area contributed by atoms with Gasteiger partial charge in [0.15, 0.2) is 0 Å². The second-order valence-electron chi connectivity index (χ2n) is 1.43. The van der Waals surface area contributed by atoms with Crippen molar-refractivity contribution in [2.75, 3.05) is 0 Å². The molecule has 0 aliphatic heterocycles. The van der Waals surface area contributed by atoms with E-state index in [9.17, 15) is 9.59 Å². The lowest BCUT2D eigenvalue weighted by molar-refractivity contribution is -0.147. The normalized spacial score (nSPS) is 8.11. The summed E-state index contributed by atoms with van der Waals surface area (Å²) in [5, 5.41) is 2.34. The third-order valence-corrected chi connectivity index (χ3v) is 0.541. The van der Waals surface area contributed by atoms with Gasteiger partial charge < -0.3 is 0 Å². The molecule has 9 heavy (non-hydrogen) atoms. The van der Waals surface area contributed by atoms with Crippen LogP contribution in [0.25, 0.3) is 0 Å². The summed E-state index contributed by atoms with van der Waals surface area (Å²) in [6.07, 6.45) is -0.317. The van der Waals surface area contributed by atoms with Gasteiger partial charge in [0, 0.05) is 5.28 Å². The maximum Gasteiger partial charge on any atom is 0.344 e. The Morgan fingerprint density at radius 1 is 1.67 bits per heavy atom. The zero-order valence-corrected chi connectivity index (χ0v) is 4.88. The second-order valence-corrected chi connectivity index (χ2v) is 1.43. The highest BCUT2D eigenvalue weighted by atomic mass is 16.7. The summed E-state index contributed by atoms with van der Waals surface area (Å²) in [5.41, 5.74) is 6.05. The van der Waals surface area contributed by atoms with Crippen molar-refractivity contribution in [1.29, 1.82) is 5.53 Å². The molecule has 0 radical (unpaired) electrons. The highest BCUT2D eigenvalue weighted by molar-refractivity contribution is 5.93. The van der Waals surface area contributed by atoms with Crippen LogP contribution in [-0.4, -0.2) is 11.8 Å². The maximum absolute atomic E-state index is 10.2. The van der Waals surface area contributed by atoms with Crippen LogP contribution in [0.15, 0.2) is 5.28 Å². The first kappa shape index (κ1) is 7.74. The van der Waals surface area contributed by atoms with Crippen molar-refractivity contribution < 1.29 is 14.4 Å². The van der Waals surface area contributed by atoms with E-state index in [2.05, 4.69) is 10.1 Å². The molecule has 0 fully saturated rings. The minimum atomic E-state index is -0.794. The Hall–Kier alpha value is -1.26. The lowest BCUT2D eigenvalue weighted by Gasteiger charge is -1.88. The van der Waals surface area contributed by atoms with Crippen molar-refractivity contribution in [3.63, 3.8) is 0 Å². The van der Waals surface area contributed by atoms with E-state index in [1.54, 1.807) is 0 Å². The zero-order valence-electron chi connectivity index (χ0n) is 4.88. The Kier molecular flexibility index (Phi) is 3.19. The molecule has 0 aliphatic rings. The molecule has 0 aromatic rings. The van der Waals surface area contributed by atoms with Crippen LogP contribution >= 0.6 is 0 Å². The minimum Gasteiger partial charge on any atom is -0.300 e. The number of carbonyl (C=O) groups excluding carboxylic acids is 2. The summed E-state index contributed by atoms with van der Waals surface area (Å²) in [6, 6.07) is 0. The third kappa shape index (κ3) is 4.60. The van der Waals surface area contributed by atoms with E-state index in [1.165, 1.54) is 6.92 Å². The highest BCUT2D eigenvalue weighted by Gasteiger charge is 2.04. The molecule has 0 rings (SSSR count). The average molecular weight is 130 g/mol. The minimum absolute atomic E-state index is 0.302. The van der Waals surface area contributed by atoms with Crippen molar-refractivity contribution in [1.82, 2.24) is 0 Å². The number of nitrogens with zero attached hydrogens (tertiary/aromatic N) is 1. The molecule has 0 unspecified atom stereocenters.